The number of nitrogens with zero attached hydrogens (tertiary/aromatic N) is 2. The third kappa shape index (κ3) is 2.31. The standard InChI is InChI=1S/C14H12BrN3S/c1-9-6-7-13(19-9)14-11(16)8-18(17-14)12-5-3-2-4-10(12)15/h2-8H,16H2,1H3. The predicted octanol–water partition coefficient (Wildman–Crippen LogP) is 4.25. The van der Waals surface area contributed by atoms with E-state index in [9.17, 15) is 0 Å². The van der Waals surface area contributed by atoms with Crippen molar-refractivity contribution >= 4 is 33.0 Å². The van der Waals surface area contributed by atoms with Crippen LogP contribution in [-0.4, -0.2) is 9.78 Å². The first-order valence-corrected chi connectivity index (χ1v) is 7.43. The number of benzene rings is 1. The molecule has 0 bridgehead atoms. The summed E-state index contributed by atoms with van der Waals surface area (Å²) < 4.78 is 2.80. The highest BCUT2D eigenvalue weighted by atomic mass is 79.9. The van der Waals surface area contributed by atoms with E-state index < -0.39 is 0 Å². The van der Waals surface area contributed by atoms with E-state index in [0.29, 0.717) is 5.69 Å². The molecular weight excluding hydrogens is 322 g/mol. The van der Waals surface area contributed by atoms with E-state index in [1.165, 1.54) is 4.88 Å². The van der Waals surface area contributed by atoms with E-state index in [1.807, 2.05) is 35.1 Å². The van der Waals surface area contributed by atoms with Crippen LogP contribution in [0.3, 0.4) is 0 Å². The highest BCUT2D eigenvalue weighted by molar-refractivity contribution is 9.10. The van der Waals surface area contributed by atoms with Crippen LogP contribution < -0.4 is 5.73 Å². The summed E-state index contributed by atoms with van der Waals surface area (Å²) in [7, 11) is 0. The second-order valence-electron chi connectivity index (χ2n) is 4.24. The number of rotatable bonds is 2. The molecule has 0 saturated heterocycles. The molecule has 0 amide bonds. The predicted molar refractivity (Wildman–Crippen MR) is 83.7 cm³/mol. The van der Waals surface area contributed by atoms with E-state index in [0.717, 1.165) is 20.7 Å². The van der Waals surface area contributed by atoms with Crippen LogP contribution in [0.4, 0.5) is 5.69 Å². The summed E-state index contributed by atoms with van der Waals surface area (Å²) in [5.74, 6) is 0. The molecule has 0 aliphatic carbocycles. The Balaban J connectivity index is 2.10. The zero-order valence-electron chi connectivity index (χ0n) is 10.3. The molecule has 2 heterocycles. The fraction of sp³-hybridized carbons (Fsp3) is 0.0714. The molecule has 96 valence electrons. The molecule has 2 N–H and O–H groups in total. The van der Waals surface area contributed by atoms with Crippen LogP contribution in [0.15, 0.2) is 47.1 Å². The van der Waals surface area contributed by atoms with Gasteiger partial charge in [-0.15, -0.1) is 11.3 Å². The summed E-state index contributed by atoms with van der Waals surface area (Å²) >= 11 is 5.23. The lowest BCUT2D eigenvalue weighted by atomic mass is 10.3. The van der Waals surface area contributed by atoms with Crippen LogP contribution in [0, 0.1) is 6.92 Å². The number of anilines is 1. The van der Waals surface area contributed by atoms with Gasteiger partial charge in [0.2, 0.25) is 0 Å². The van der Waals surface area contributed by atoms with Crippen molar-refractivity contribution in [2.75, 3.05) is 5.73 Å². The number of hydrogen-bond acceptors (Lipinski definition) is 3. The van der Waals surface area contributed by atoms with Crippen LogP contribution in [0.2, 0.25) is 0 Å². The highest BCUT2D eigenvalue weighted by Crippen LogP contribution is 2.32. The minimum absolute atomic E-state index is 0.692. The van der Waals surface area contributed by atoms with Gasteiger partial charge in [0.25, 0.3) is 0 Å². The van der Waals surface area contributed by atoms with Gasteiger partial charge in [-0.05, 0) is 47.1 Å². The molecule has 5 heteroatoms. The Hall–Kier alpha value is -1.59. The molecule has 1 aromatic carbocycles. The molecule has 0 atom stereocenters. The number of para-hydroxylation sites is 1. The Morgan fingerprint density at radius 2 is 2.00 bits per heavy atom. The van der Waals surface area contributed by atoms with Crippen molar-refractivity contribution in [3.05, 3.63) is 51.9 Å². The molecular formula is C14H12BrN3S. The van der Waals surface area contributed by atoms with Crippen molar-refractivity contribution in [2.45, 2.75) is 6.92 Å². The average molecular weight is 334 g/mol. The summed E-state index contributed by atoms with van der Waals surface area (Å²) in [4.78, 5) is 2.35. The number of aryl methyl sites for hydroxylation is 1. The van der Waals surface area contributed by atoms with Crippen molar-refractivity contribution in [1.82, 2.24) is 9.78 Å². The molecule has 0 radical (unpaired) electrons. The minimum Gasteiger partial charge on any atom is -0.396 e. The largest absolute Gasteiger partial charge is 0.396 e. The van der Waals surface area contributed by atoms with Crippen molar-refractivity contribution < 1.29 is 0 Å². The lowest BCUT2D eigenvalue weighted by Crippen LogP contribution is -1.95. The topological polar surface area (TPSA) is 43.8 Å². The van der Waals surface area contributed by atoms with E-state index in [-0.39, 0.29) is 0 Å². The quantitative estimate of drug-likeness (QED) is 0.761. The molecule has 0 fully saturated rings. The van der Waals surface area contributed by atoms with E-state index in [1.54, 1.807) is 11.3 Å². The molecule has 2 aromatic heterocycles. The van der Waals surface area contributed by atoms with Gasteiger partial charge in [0, 0.05) is 9.35 Å². The Bertz CT molecular complexity index is 730. The van der Waals surface area contributed by atoms with Crippen LogP contribution in [0.1, 0.15) is 4.88 Å². The second kappa shape index (κ2) is 4.83. The smallest absolute Gasteiger partial charge is 0.126 e. The summed E-state index contributed by atoms with van der Waals surface area (Å²) in [6.07, 6.45) is 1.85. The molecule has 0 spiro atoms. The van der Waals surface area contributed by atoms with Crippen molar-refractivity contribution in [3.63, 3.8) is 0 Å². The van der Waals surface area contributed by atoms with Gasteiger partial charge < -0.3 is 5.73 Å². The number of thiophene rings is 1. The Kier molecular flexibility index (Phi) is 3.16. The normalized spacial score (nSPS) is 10.8. The summed E-state index contributed by atoms with van der Waals surface area (Å²) in [5.41, 5.74) is 8.59. The molecule has 3 nitrogen and oxygen atoms in total. The van der Waals surface area contributed by atoms with Gasteiger partial charge in [-0.2, -0.15) is 5.10 Å². The summed E-state index contributed by atoms with van der Waals surface area (Å²) in [5, 5.41) is 4.60. The number of aromatic nitrogens is 2. The Labute approximate surface area is 123 Å². The van der Waals surface area contributed by atoms with Crippen LogP contribution in [0.5, 0.6) is 0 Å². The van der Waals surface area contributed by atoms with Gasteiger partial charge in [0.1, 0.15) is 5.69 Å². The lowest BCUT2D eigenvalue weighted by molar-refractivity contribution is 0.881. The number of halogens is 1. The van der Waals surface area contributed by atoms with Gasteiger partial charge in [0.15, 0.2) is 0 Å². The average Bonchev–Trinajstić information content (AvgIpc) is 2.96. The van der Waals surface area contributed by atoms with Gasteiger partial charge >= 0.3 is 0 Å². The SMILES string of the molecule is Cc1ccc(-c2nn(-c3ccccc3Br)cc2N)s1. The van der Waals surface area contributed by atoms with Crippen LogP contribution >= 0.6 is 27.3 Å². The first kappa shape index (κ1) is 12.4. The maximum absolute atomic E-state index is 6.08. The molecule has 3 rings (SSSR count). The van der Waals surface area contributed by atoms with Crippen molar-refractivity contribution in [1.29, 1.82) is 0 Å². The van der Waals surface area contributed by atoms with Gasteiger partial charge in [-0.1, -0.05) is 12.1 Å². The molecule has 0 aliphatic rings. The van der Waals surface area contributed by atoms with Crippen LogP contribution in [-0.2, 0) is 0 Å². The fourth-order valence-electron chi connectivity index (χ4n) is 1.90. The lowest BCUT2D eigenvalue weighted by Gasteiger charge is -2.02. The molecule has 0 saturated carbocycles. The van der Waals surface area contributed by atoms with Crippen LogP contribution in [0.25, 0.3) is 16.3 Å². The van der Waals surface area contributed by atoms with Crippen molar-refractivity contribution in [3.8, 4) is 16.3 Å². The second-order valence-corrected chi connectivity index (χ2v) is 6.38. The van der Waals surface area contributed by atoms with Gasteiger partial charge in [0.05, 0.1) is 22.4 Å². The molecule has 19 heavy (non-hydrogen) atoms. The number of nitrogen functional groups attached to an aromatic ring is 1. The maximum Gasteiger partial charge on any atom is 0.126 e. The third-order valence-corrected chi connectivity index (χ3v) is 4.49. The van der Waals surface area contributed by atoms with E-state index in [4.69, 9.17) is 5.73 Å². The van der Waals surface area contributed by atoms with Gasteiger partial charge in [-0.3, -0.25) is 0 Å². The van der Waals surface area contributed by atoms with Gasteiger partial charge in [-0.25, -0.2) is 4.68 Å². The zero-order chi connectivity index (χ0) is 13.4. The molecule has 3 aromatic rings. The highest BCUT2D eigenvalue weighted by Gasteiger charge is 2.12. The first-order valence-electron chi connectivity index (χ1n) is 5.82. The fourth-order valence-corrected chi connectivity index (χ4v) is 3.24. The van der Waals surface area contributed by atoms with E-state index in [2.05, 4.69) is 40.1 Å². The first-order chi connectivity index (χ1) is 9.15. The Morgan fingerprint density at radius 1 is 1.21 bits per heavy atom. The maximum atomic E-state index is 6.08. The summed E-state index contributed by atoms with van der Waals surface area (Å²) in [6, 6.07) is 12.1. The third-order valence-electron chi connectivity index (χ3n) is 2.82. The van der Waals surface area contributed by atoms with E-state index >= 15 is 0 Å². The minimum atomic E-state index is 0.692. The zero-order valence-corrected chi connectivity index (χ0v) is 12.7. The monoisotopic (exact) mass is 333 g/mol. The molecule has 0 unspecified atom stereocenters. The Morgan fingerprint density at radius 3 is 2.68 bits per heavy atom. The summed E-state index contributed by atoms with van der Waals surface area (Å²) in [6.45, 7) is 2.08. The number of nitrogens with two attached hydrogens (primary N) is 1. The number of hydrogen-bond donors (Lipinski definition) is 1. The molecule has 0 aliphatic heterocycles. The van der Waals surface area contributed by atoms with Crippen molar-refractivity contribution in [2.24, 2.45) is 0 Å².